The van der Waals surface area contributed by atoms with Crippen LogP contribution in [0.1, 0.15) is 30.9 Å². The summed E-state index contributed by atoms with van der Waals surface area (Å²) in [5.41, 5.74) is 2.64. The highest BCUT2D eigenvalue weighted by Gasteiger charge is 2.45. The molecule has 5 nitrogen and oxygen atoms in total. The molecule has 2 N–H and O–H groups in total. The highest BCUT2D eigenvalue weighted by Crippen LogP contribution is 2.48. The van der Waals surface area contributed by atoms with Crippen LogP contribution in [0.3, 0.4) is 0 Å². The first-order valence-corrected chi connectivity index (χ1v) is 7.67. The molecule has 0 aromatic heterocycles. The molecule has 1 saturated carbocycles. The summed E-state index contributed by atoms with van der Waals surface area (Å²) in [4.78, 5) is 25.2. The molecule has 1 aromatic rings. The van der Waals surface area contributed by atoms with E-state index in [4.69, 9.17) is 0 Å². The van der Waals surface area contributed by atoms with Crippen molar-refractivity contribution in [1.29, 1.82) is 0 Å². The van der Waals surface area contributed by atoms with Crippen LogP contribution in [-0.2, 0) is 10.2 Å². The Hall–Kier alpha value is -2.04. The molecule has 5 heteroatoms. The lowest BCUT2D eigenvalue weighted by Gasteiger charge is -2.21. The summed E-state index contributed by atoms with van der Waals surface area (Å²) < 4.78 is 0. The second kappa shape index (κ2) is 6.38. The average molecular weight is 303 g/mol. The molecule has 0 heterocycles. The number of benzene rings is 1. The van der Waals surface area contributed by atoms with Crippen LogP contribution in [0, 0.1) is 6.92 Å². The average Bonchev–Trinajstić information content (AvgIpc) is 3.25. The van der Waals surface area contributed by atoms with Gasteiger partial charge >= 0.3 is 6.03 Å². The van der Waals surface area contributed by atoms with E-state index in [0.717, 1.165) is 12.8 Å². The lowest BCUT2D eigenvalue weighted by atomic mass is 9.92. The van der Waals surface area contributed by atoms with Crippen LogP contribution in [0.25, 0.3) is 0 Å². The van der Waals surface area contributed by atoms with E-state index >= 15 is 0 Å². The minimum atomic E-state index is -0.524. The Labute approximate surface area is 132 Å². The van der Waals surface area contributed by atoms with Crippen LogP contribution in [0.15, 0.2) is 24.3 Å². The van der Waals surface area contributed by atoms with Gasteiger partial charge < -0.3 is 15.5 Å². The van der Waals surface area contributed by atoms with E-state index in [-0.39, 0.29) is 17.4 Å². The predicted octanol–water partition coefficient (Wildman–Crippen LogP) is 1.80. The van der Waals surface area contributed by atoms with Crippen molar-refractivity contribution in [2.24, 2.45) is 0 Å². The highest BCUT2D eigenvalue weighted by molar-refractivity contribution is 5.86. The minimum Gasteiger partial charge on any atom is -0.347 e. The molecule has 2 rings (SSSR count). The van der Waals surface area contributed by atoms with E-state index in [2.05, 4.69) is 29.7 Å². The van der Waals surface area contributed by atoms with E-state index in [1.807, 2.05) is 12.1 Å². The zero-order valence-electron chi connectivity index (χ0n) is 13.8. The zero-order chi connectivity index (χ0) is 16.3. The fourth-order valence-corrected chi connectivity index (χ4v) is 2.81. The maximum absolute atomic E-state index is 12.0. The summed E-state index contributed by atoms with van der Waals surface area (Å²) in [5, 5.41) is 5.60. The number of nitrogens with zero attached hydrogens (tertiary/aromatic N) is 1. The van der Waals surface area contributed by atoms with Crippen molar-refractivity contribution in [2.45, 2.75) is 38.1 Å². The second-order valence-electron chi connectivity index (χ2n) is 6.38. The molecule has 1 atom stereocenters. The molecule has 0 saturated heterocycles. The molecule has 1 fully saturated rings. The van der Waals surface area contributed by atoms with Crippen LogP contribution < -0.4 is 10.6 Å². The van der Waals surface area contributed by atoms with E-state index in [9.17, 15) is 9.59 Å². The first kappa shape index (κ1) is 16.3. The molecule has 0 spiro atoms. The molecule has 1 aromatic carbocycles. The molecule has 0 radical (unpaired) electrons. The first-order valence-electron chi connectivity index (χ1n) is 7.67. The molecule has 1 aliphatic rings. The highest BCUT2D eigenvalue weighted by atomic mass is 16.2. The molecular weight excluding hydrogens is 278 g/mol. The lowest BCUT2D eigenvalue weighted by molar-refractivity contribution is -0.130. The van der Waals surface area contributed by atoms with Gasteiger partial charge in [0.15, 0.2) is 0 Å². The third-order valence-corrected chi connectivity index (χ3v) is 4.32. The summed E-state index contributed by atoms with van der Waals surface area (Å²) in [6.45, 7) is 4.40. The molecule has 0 aliphatic heterocycles. The Morgan fingerprint density at radius 1 is 1.27 bits per heavy atom. The fourth-order valence-electron chi connectivity index (χ4n) is 2.81. The SMILES string of the molecule is Cc1ccccc1C1(CNC(=O)N[C@@H](C)C(=O)N(C)C)CC1. The van der Waals surface area contributed by atoms with Gasteiger partial charge in [0.05, 0.1) is 0 Å². The topological polar surface area (TPSA) is 61.4 Å². The van der Waals surface area contributed by atoms with Crippen LogP contribution in [-0.4, -0.2) is 43.5 Å². The van der Waals surface area contributed by atoms with Gasteiger partial charge in [-0.05, 0) is 37.8 Å². The number of nitrogens with one attached hydrogen (secondary N) is 2. The number of likely N-dealkylation sites (N-methyl/N-ethyl adjacent to an activating group) is 1. The van der Waals surface area contributed by atoms with Crippen molar-refractivity contribution in [2.75, 3.05) is 20.6 Å². The van der Waals surface area contributed by atoms with Gasteiger partial charge in [0, 0.05) is 26.1 Å². The Morgan fingerprint density at radius 2 is 1.91 bits per heavy atom. The molecule has 22 heavy (non-hydrogen) atoms. The number of carbonyl (C=O) groups excluding carboxylic acids is 2. The van der Waals surface area contributed by atoms with Gasteiger partial charge in [0.2, 0.25) is 5.91 Å². The summed E-state index contributed by atoms with van der Waals surface area (Å²) in [5.74, 6) is -0.116. The van der Waals surface area contributed by atoms with Crippen LogP contribution in [0.5, 0.6) is 0 Å². The van der Waals surface area contributed by atoms with Crippen molar-refractivity contribution in [3.63, 3.8) is 0 Å². The predicted molar refractivity (Wildman–Crippen MR) is 86.8 cm³/mol. The second-order valence-corrected chi connectivity index (χ2v) is 6.38. The fraction of sp³-hybridized carbons (Fsp3) is 0.529. The van der Waals surface area contributed by atoms with Gasteiger partial charge in [0.25, 0.3) is 0 Å². The first-order chi connectivity index (χ1) is 10.4. The van der Waals surface area contributed by atoms with Crippen LogP contribution in [0.4, 0.5) is 4.79 Å². The third-order valence-electron chi connectivity index (χ3n) is 4.32. The van der Waals surface area contributed by atoms with E-state index in [1.54, 1.807) is 21.0 Å². The van der Waals surface area contributed by atoms with Gasteiger partial charge in [-0.2, -0.15) is 0 Å². The number of amides is 3. The number of hydrogen-bond donors (Lipinski definition) is 2. The Morgan fingerprint density at radius 3 is 2.45 bits per heavy atom. The summed E-state index contributed by atoms with van der Waals surface area (Å²) in [6.07, 6.45) is 2.18. The van der Waals surface area contributed by atoms with Crippen molar-refractivity contribution in [3.8, 4) is 0 Å². The van der Waals surface area contributed by atoms with E-state index < -0.39 is 6.04 Å². The Balaban J connectivity index is 1.89. The molecule has 120 valence electrons. The van der Waals surface area contributed by atoms with Crippen molar-refractivity contribution < 1.29 is 9.59 Å². The third kappa shape index (κ3) is 3.59. The number of carbonyl (C=O) groups is 2. The number of aryl methyl sites for hydroxylation is 1. The summed E-state index contributed by atoms with van der Waals surface area (Å²) >= 11 is 0. The molecule has 3 amide bonds. The van der Waals surface area contributed by atoms with E-state index in [1.165, 1.54) is 16.0 Å². The molecule has 0 bridgehead atoms. The maximum Gasteiger partial charge on any atom is 0.315 e. The standard InChI is InChI=1S/C17H25N3O2/c1-12-7-5-6-8-14(12)17(9-10-17)11-18-16(22)19-13(2)15(21)20(3)4/h5-8,13H,9-11H2,1-4H3,(H2,18,19,22)/t13-/m0/s1. The smallest absolute Gasteiger partial charge is 0.315 e. The van der Waals surface area contributed by atoms with Crippen molar-refractivity contribution in [3.05, 3.63) is 35.4 Å². The van der Waals surface area contributed by atoms with Gasteiger partial charge in [-0.15, -0.1) is 0 Å². The monoisotopic (exact) mass is 303 g/mol. The Bertz CT molecular complexity index is 565. The molecular formula is C17H25N3O2. The Kier molecular flexibility index (Phi) is 4.74. The molecule has 1 aliphatic carbocycles. The molecule has 0 unspecified atom stereocenters. The van der Waals surface area contributed by atoms with Gasteiger partial charge in [0.1, 0.15) is 6.04 Å². The number of hydrogen-bond acceptors (Lipinski definition) is 2. The van der Waals surface area contributed by atoms with E-state index in [0.29, 0.717) is 6.54 Å². The summed E-state index contributed by atoms with van der Waals surface area (Å²) in [7, 11) is 3.35. The quantitative estimate of drug-likeness (QED) is 0.871. The van der Waals surface area contributed by atoms with Crippen molar-refractivity contribution in [1.82, 2.24) is 15.5 Å². The largest absolute Gasteiger partial charge is 0.347 e. The number of urea groups is 1. The van der Waals surface area contributed by atoms with Crippen LogP contribution in [0.2, 0.25) is 0 Å². The maximum atomic E-state index is 12.0. The van der Waals surface area contributed by atoms with Crippen molar-refractivity contribution >= 4 is 11.9 Å². The lowest BCUT2D eigenvalue weighted by Crippen LogP contribution is -2.49. The minimum absolute atomic E-state index is 0.0669. The zero-order valence-corrected chi connectivity index (χ0v) is 13.8. The summed E-state index contributed by atoms with van der Waals surface area (Å²) in [6, 6.07) is 7.50. The van der Waals surface area contributed by atoms with Gasteiger partial charge in [-0.1, -0.05) is 24.3 Å². The van der Waals surface area contributed by atoms with Gasteiger partial charge in [-0.3, -0.25) is 4.79 Å². The van der Waals surface area contributed by atoms with Crippen LogP contribution >= 0.6 is 0 Å². The van der Waals surface area contributed by atoms with Gasteiger partial charge in [-0.25, -0.2) is 4.79 Å². The normalized spacial score (nSPS) is 16.5. The number of rotatable bonds is 5.